The molecule has 2 heterocycles. The number of carbonyl (C=O) groups excluding carboxylic acids is 2. The van der Waals surface area contributed by atoms with E-state index in [4.69, 9.17) is 9.47 Å². The Balaban J connectivity index is 2.01. The van der Waals surface area contributed by atoms with Crippen LogP contribution in [-0.4, -0.2) is 57.3 Å². The second-order valence-corrected chi connectivity index (χ2v) is 6.53. The maximum atomic E-state index is 12.2. The zero-order valence-corrected chi connectivity index (χ0v) is 14.1. The lowest BCUT2D eigenvalue weighted by molar-refractivity contribution is 0.0166. The lowest BCUT2D eigenvalue weighted by Crippen LogP contribution is -2.43. The van der Waals surface area contributed by atoms with E-state index in [1.807, 2.05) is 20.8 Å². The molecule has 0 aliphatic carbocycles. The summed E-state index contributed by atoms with van der Waals surface area (Å²) in [7, 11) is 0. The minimum absolute atomic E-state index is 0.0213. The lowest BCUT2D eigenvalue weighted by atomic mass is 10.1. The molecule has 1 atom stereocenters. The Morgan fingerprint density at radius 2 is 2.13 bits per heavy atom. The van der Waals surface area contributed by atoms with Gasteiger partial charge in [-0.3, -0.25) is 0 Å². The Labute approximate surface area is 135 Å². The van der Waals surface area contributed by atoms with Gasteiger partial charge in [-0.1, -0.05) is 5.21 Å². The Hall–Kier alpha value is -2.12. The van der Waals surface area contributed by atoms with Crippen LogP contribution in [-0.2, 0) is 9.47 Å². The summed E-state index contributed by atoms with van der Waals surface area (Å²) in [6.45, 7) is 8.70. The van der Waals surface area contributed by atoms with E-state index in [-0.39, 0.29) is 17.8 Å². The maximum Gasteiger partial charge on any atom is 0.410 e. The molecule has 1 aromatic rings. The van der Waals surface area contributed by atoms with Crippen LogP contribution >= 0.6 is 0 Å². The summed E-state index contributed by atoms with van der Waals surface area (Å²) >= 11 is 0. The highest BCUT2D eigenvalue weighted by Gasteiger charge is 2.29. The molecule has 1 amide bonds. The van der Waals surface area contributed by atoms with Crippen molar-refractivity contribution in [1.82, 2.24) is 19.9 Å². The molecule has 0 saturated carbocycles. The number of hydrogen-bond acceptors (Lipinski definition) is 6. The molecule has 0 spiro atoms. The third-order valence-corrected chi connectivity index (χ3v) is 3.42. The highest BCUT2D eigenvalue weighted by atomic mass is 16.6. The number of rotatable bonds is 3. The van der Waals surface area contributed by atoms with Crippen molar-refractivity contribution in [2.45, 2.75) is 52.2 Å². The molecule has 128 valence electrons. The Morgan fingerprint density at radius 3 is 2.78 bits per heavy atom. The van der Waals surface area contributed by atoms with Gasteiger partial charge in [0, 0.05) is 13.1 Å². The van der Waals surface area contributed by atoms with Crippen LogP contribution in [0.15, 0.2) is 6.20 Å². The van der Waals surface area contributed by atoms with Gasteiger partial charge < -0.3 is 14.4 Å². The average molecular weight is 324 g/mol. The van der Waals surface area contributed by atoms with Crippen molar-refractivity contribution in [1.29, 1.82) is 0 Å². The van der Waals surface area contributed by atoms with Crippen LogP contribution in [0.5, 0.6) is 0 Å². The number of amides is 1. The van der Waals surface area contributed by atoms with Crippen LogP contribution in [0.3, 0.4) is 0 Å². The van der Waals surface area contributed by atoms with E-state index in [0.29, 0.717) is 19.7 Å². The van der Waals surface area contributed by atoms with Crippen molar-refractivity contribution >= 4 is 12.1 Å². The topological polar surface area (TPSA) is 86.5 Å². The van der Waals surface area contributed by atoms with E-state index >= 15 is 0 Å². The summed E-state index contributed by atoms with van der Waals surface area (Å²) in [5, 5.41) is 7.84. The molecule has 8 nitrogen and oxygen atoms in total. The van der Waals surface area contributed by atoms with Gasteiger partial charge in [-0.15, -0.1) is 5.10 Å². The predicted molar refractivity (Wildman–Crippen MR) is 82.1 cm³/mol. The highest BCUT2D eigenvalue weighted by molar-refractivity contribution is 5.86. The maximum absolute atomic E-state index is 12.2. The first-order chi connectivity index (χ1) is 10.8. The Morgan fingerprint density at radius 1 is 1.39 bits per heavy atom. The summed E-state index contributed by atoms with van der Waals surface area (Å²) in [5.74, 6) is -0.487. The van der Waals surface area contributed by atoms with E-state index in [0.717, 1.165) is 12.8 Å². The number of likely N-dealkylation sites (tertiary alicyclic amines) is 1. The molecule has 0 N–H and O–H groups in total. The molecule has 23 heavy (non-hydrogen) atoms. The molecule has 1 saturated heterocycles. The standard InChI is InChI=1S/C15H24N4O4/c1-5-22-13(20)12-10-19(17-16-12)11-7-6-8-18(9-11)14(21)23-15(2,3)4/h10-11H,5-9H2,1-4H3. The lowest BCUT2D eigenvalue weighted by Gasteiger charge is -2.33. The summed E-state index contributed by atoms with van der Waals surface area (Å²) < 4.78 is 11.9. The van der Waals surface area contributed by atoms with Gasteiger partial charge in [0.05, 0.1) is 18.8 Å². The normalized spacial score (nSPS) is 18.6. The van der Waals surface area contributed by atoms with Crippen LogP contribution in [0.1, 0.15) is 57.1 Å². The van der Waals surface area contributed by atoms with E-state index < -0.39 is 11.6 Å². The molecule has 0 radical (unpaired) electrons. The van der Waals surface area contributed by atoms with E-state index in [2.05, 4.69) is 10.3 Å². The van der Waals surface area contributed by atoms with Gasteiger partial charge in [0.25, 0.3) is 0 Å². The molecule has 0 aromatic carbocycles. The van der Waals surface area contributed by atoms with Gasteiger partial charge >= 0.3 is 12.1 Å². The van der Waals surface area contributed by atoms with E-state index in [1.54, 1.807) is 22.7 Å². The number of nitrogens with zero attached hydrogens (tertiary/aromatic N) is 4. The number of ether oxygens (including phenoxy) is 2. The zero-order chi connectivity index (χ0) is 17.0. The SMILES string of the molecule is CCOC(=O)c1cn(C2CCCN(C(=O)OC(C)(C)C)C2)nn1. The van der Waals surface area contributed by atoms with Gasteiger partial charge in [-0.25, -0.2) is 14.3 Å². The van der Waals surface area contributed by atoms with E-state index in [1.165, 1.54) is 0 Å². The fraction of sp³-hybridized carbons (Fsp3) is 0.733. The molecule has 1 fully saturated rings. The molecule has 1 unspecified atom stereocenters. The third-order valence-electron chi connectivity index (χ3n) is 3.42. The fourth-order valence-corrected chi connectivity index (χ4v) is 2.42. The minimum atomic E-state index is -0.519. The second kappa shape index (κ2) is 6.97. The van der Waals surface area contributed by atoms with Crippen molar-refractivity contribution in [3.05, 3.63) is 11.9 Å². The molecule has 2 rings (SSSR count). The van der Waals surface area contributed by atoms with Crippen molar-refractivity contribution in [2.75, 3.05) is 19.7 Å². The highest BCUT2D eigenvalue weighted by Crippen LogP contribution is 2.22. The molecule has 1 aliphatic rings. The van der Waals surface area contributed by atoms with Crippen LogP contribution < -0.4 is 0 Å². The van der Waals surface area contributed by atoms with Crippen LogP contribution in [0, 0.1) is 0 Å². The summed E-state index contributed by atoms with van der Waals surface area (Å²) in [5.41, 5.74) is -0.338. The summed E-state index contributed by atoms with van der Waals surface area (Å²) in [4.78, 5) is 25.5. The first-order valence-corrected chi connectivity index (χ1v) is 7.87. The van der Waals surface area contributed by atoms with Crippen molar-refractivity contribution < 1.29 is 19.1 Å². The molecule has 0 bridgehead atoms. The Kier molecular flexibility index (Phi) is 5.23. The summed E-state index contributed by atoms with van der Waals surface area (Å²) in [6.07, 6.45) is 2.96. The Bertz CT molecular complexity index is 564. The summed E-state index contributed by atoms with van der Waals surface area (Å²) in [6, 6.07) is -0.0213. The molecule has 8 heteroatoms. The first-order valence-electron chi connectivity index (χ1n) is 7.87. The smallest absolute Gasteiger partial charge is 0.410 e. The van der Waals surface area contributed by atoms with E-state index in [9.17, 15) is 9.59 Å². The molecular formula is C15H24N4O4. The first kappa shape index (κ1) is 17.2. The predicted octanol–water partition coefficient (Wildman–Crippen LogP) is 2.03. The third kappa shape index (κ3) is 4.67. The van der Waals surface area contributed by atoms with Crippen LogP contribution in [0.25, 0.3) is 0 Å². The number of hydrogen-bond donors (Lipinski definition) is 0. The number of piperidine rings is 1. The van der Waals surface area contributed by atoms with Crippen molar-refractivity contribution in [3.63, 3.8) is 0 Å². The van der Waals surface area contributed by atoms with Crippen molar-refractivity contribution in [3.8, 4) is 0 Å². The molecule has 1 aromatic heterocycles. The largest absolute Gasteiger partial charge is 0.461 e. The monoisotopic (exact) mass is 324 g/mol. The van der Waals surface area contributed by atoms with Gasteiger partial charge in [0.2, 0.25) is 0 Å². The van der Waals surface area contributed by atoms with Gasteiger partial charge in [0.1, 0.15) is 5.60 Å². The van der Waals surface area contributed by atoms with Crippen molar-refractivity contribution in [2.24, 2.45) is 0 Å². The second-order valence-electron chi connectivity index (χ2n) is 6.53. The van der Waals surface area contributed by atoms with Crippen LogP contribution in [0.4, 0.5) is 4.79 Å². The van der Waals surface area contributed by atoms with Gasteiger partial charge in [-0.05, 0) is 40.5 Å². The molecular weight excluding hydrogens is 300 g/mol. The van der Waals surface area contributed by atoms with Gasteiger partial charge in [0.15, 0.2) is 5.69 Å². The number of esters is 1. The zero-order valence-electron chi connectivity index (χ0n) is 14.1. The van der Waals surface area contributed by atoms with Gasteiger partial charge in [-0.2, -0.15) is 0 Å². The molecule has 1 aliphatic heterocycles. The minimum Gasteiger partial charge on any atom is -0.461 e. The van der Waals surface area contributed by atoms with Crippen LogP contribution in [0.2, 0.25) is 0 Å². The quantitative estimate of drug-likeness (QED) is 0.791. The number of aromatic nitrogens is 3. The number of carbonyl (C=O) groups is 2. The average Bonchev–Trinajstić information content (AvgIpc) is 2.96. The fourth-order valence-electron chi connectivity index (χ4n) is 2.42.